The zero-order valence-electron chi connectivity index (χ0n) is 32.3. The first kappa shape index (κ1) is 42.9. The van der Waals surface area contributed by atoms with Crippen LogP contribution in [0.15, 0.2) is 12.1 Å². The lowest BCUT2D eigenvalue weighted by Crippen LogP contribution is -2.33. The predicted molar refractivity (Wildman–Crippen MR) is 199 cm³/mol. The van der Waals surface area contributed by atoms with Gasteiger partial charge in [-0.15, -0.1) is 0 Å². The molecule has 0 heterocycles. The van der Waals surface area contributed by atoms with Crippen molar-refractivity contribution in [1.29, 1.82) is 0 Å². The summed E-state index contributed by atoms with van der Waals surface area (Å²) in [5, 5.41) is 11.3. The molecule has 0 unspecified atom stereocenters. The summed E-state index contributed by atoms with van der Waals surface area (Å²) in [6.45, 7) is 22.3. The molecule has 0 radical (unpaired) electrons. The highest BCUT2D eigenvalue weighted by atomic mass is 16.5. The van der Waals surface area contributed by atoms with E-state index in [4.69, 9.17) is 14.2 Å². The number of rotatable bonds is 30. The van der Waals surface area contributed by atoms with E-state index in [1.54, 1.807) is 0 Å². The van der Waals surface area contributed by atoms with Crippen molar-refractivity contribution < 1.29 is 19.3 Å². The van der Waals surface area contributed by atoms with E-state index in [-0.39, 0.29) is 16.8 Å². The van der Waals surface area contributed by atoms with Crippen molar-refractivity contribution in [2.45, 2.75) is 214 Å². The molecule has 0 spiro atoms. The first-order chi connectivity index (χ1) is 21.9. The molecule has 0 aliphatic rings. The summed E-state index contributed by atoms with van der Waals surface area (Å²) in [5.41, 5.74) is 2.46. The lowest BCUT2D eigenvalue weighted by Gasteiger charge is -2.33. The van der Waals surface area contributed by atoms with Gasteiger partial charge in [-0.05, 0) is 78.0 Å². The van der Waals surface area contributed by atoms with Crippen molar-refractivity contribution in [1.82, 2.24) is 0 Å². The third-order valence-electron chi connectivity index (χ3n) is 9.30. The topological polar surface area (TPSA) is 47.9 Å². The quantitative estimate of drug-likeness (QED) is 0.0845. The Balaban J connectivity index is 3.05. The Kier molecular flexibility index (Phi) is 22.5. The molecule has 0 bridgehead atoms. The molecule has 4 heteroatoms. The fourth-order valence-corrected chi connectivity index (χ4v) is 6.47. The number of hydrogen-bond donors (Lipinski definition) is 1. The second kappa shape index (κ2) is 24.1. The zero-order valence-corrected chi connectivity index (χ0v) is 32.3. The van der Waals surface area contributed by atoms with E-state index in [1.807, 2.05) is 6.07 Å². The van der Waals surface area contributed by atoms with E-state index in [0.717, 1.165) is 57.5 Å². The molecule has 270 valence electrons. The molecule has 0 atom stereocenters. The summed E-state index contributed by atoms with van der Waals surface area (Å²) < 4.78 is 19.5. The summed E-state index contributed by atoms with van der Waals surface area (Å²) in [7, 11) is 0. The van der Waals surface area contributed by atoms with Crippen LogP contribution in [0.4, 0.5) is 0 Å². The highest BCUT2D eigenvalue weighted by Crippen LogP contribution is 2.35. The Morgan fingerprint density at radius 3 is 1.15 bits per heavy atom. The van der Waals surface area contributed by atoms with Gasteiger partial charge in [0.15, 0.2) is 0 Å². The zero-order chi connectivity index (χ0) is 34.3. The van der Waals surface area contributed by atoms with Crippen LogP contribution < -0.4 is 0 Å². The van der Waals surface area contributed by atoms with Crippen molar-refractivity contribution in [3.05, 3.63) is 28.8 Å². The first-order valence-electron chi connectivity index (χ1n) is 19.6. The van der Waals surface area contributed by atoms with Crippen molar-refractivity contribution in [3.63, 3.8) is 0 Å². The molecule has 0 amide bonds. The van der Waals surface area contributed by atoms with E-state index in [9.17, 15) is 5.11 Å². The normalized spacial score (nSPS) is 12.7. The molecule has 1 N–H and O–H groups in total. The Morgan fingerprint density at radius 2 is 0.761 bits per heavy atom. The van der Waals surface area contributed by atoms with E-state index in [2.05, 4.69) is 68.4 Å². The van der Waals surface area contributed by atoms with E-state index < -0.39 is 0 Å². The van der Waals surface area contributed by atoms with Crippen LogP contribution in [0.5, 0.6) is 5.75 Å². The van der Waals surface area contributed by atoms with Crippen LogP contribution in [-0.2, 0) is 33.5 Å². The number of benzene rings is 1. The SMILES string of the molecule is CCCCCCCCOC(C)(C)Cc1ccc(O)c(CC(C)(C)OCCCCCCCC)c1CC(C)(C)OCCCCCCCC. The molecule has 0 aliphatic heterocycles. The van der Waals surface area contributed by atoms with E-state index in [1.165, 1.54) is 107 Å². The standard InChI is InChI=1S/C42H78O4/c1-10-13-16-19-22-25-30-44-40(4,5)33-36-28-29-39(43)38(35-42(8,9)46-32-27-24-21-18-15-12-3)37(36)34-41(6,7)45-31-26-23-20-17-14-11-2/h28-29,43H,10-27,30-35H2,1-9H3. The minimum absolute atomic E-state index is 0.292. The van der Waals surface area contributed by atoms with Gasteiger partial charge < -0.3 is 19.3 Å². The Labute approximate surface area is 287 Å². The maximum Gasteiger partial charge on any atom is 0.119 e. The van der Waals surface area contributed by atoms with Gasteiger partial charge in [-0.25, -0.2) is 0 Å². The highest BCUT2D eigenvalue weighted by molar-refractivity contribution is 5.46. The summed E-state index contributed by atoms with van der Waals surface area (Å²) in [6.07, 6.45) is 24.9. The van der Waals surface area contributed by atoms with Crippen LogP contribution in [0.3, 0.4) is 0 Å². The lowest BCUT2D eigenvalue weighted by atomic mass is 9.83. The Hall–Kier alpha value is -1.10. The summed E-state index contributed by atoms with van der Waals surface area (Å²) in [4.78, 5) is 0. The van der Waals surface area contributed by atoms with E-state index >= 15 is 0 Å². The second-order valence-electron chi connectivity index (χ2n) is 15.9. The molecule has 0 saturated heterocycles. The third kappa shape index (κ3) is 20.3. The molecule has 1 aromatic carbocycles. The van der Waals surface area contributed by atoms with Crippen LogP contribution in [-0.4, -0.2) is 41.7 Å². The molecule has 46 heavy (non-hydrogen) atoms. The predicted octanol–water partition coefficient (Wildman–Crippen LogP) is 12.5. The first-order valence-corrected chi connectivity index (χ1v) is 19.6. The fourth-order valence-electron chi connectivity index (χ4n) is 6.47. The van der Waals surface area contributed by atoms with Crippen LogP contribution in [0, 0.1) is 0 Å². The average Bonchev–Trinajstić information content (AvgIpc) is 2.98. The second-order valence-corrected chi connectivity index (χ2v) is 15.9. The fraction of sp³-hybridized carbons (Fsp3) is 0.857. The smallest absolute Gasteiger partial charge is 0.119 e. The minimum Gasteiger partial charge on any atom is -0.508 e. The maximum atomic E-state index is 11.3. The van der Waals surface area contributed by atoms with Crippen LogP contribution in [0.25, 0.3) is 0 Å². The number of hydrogen-bond acceptors (Lipinski definition) is 4. The molecule has 0 fully saturated rings. The van der Waals surface area contributed by atoms with Gasteiger partial charge >= 0.3 is 0 Å². The van der Waals surface area contributed by atoms with Gasteiger partial charge in [-0.2, -0.15) is 0 Å². The van der Waals surface area contributed by atoms with Crippen molar-refractivity contribution in [3.8, 4) is 5.75 Å². The van der Waals surface area contributed by atoms with Crippen molar-refractivity contribution in [2.24, 2.45) is 0 Å². The average molecular weight is 647 g/mol. The lowest BCUT2D eigenvalue weighted by molar-refractivity contribution is -0.0253. The van der Waals surface area contributed by atoms with Gasteiger partial charge in [-0.1, -0.05) is 123 Å². The molecule has 1 rings (SSSR count). The number of aromatic hydroxyl groups is 1. The third-order valence-corrected chi connectivity index (χ3v) is 9.30. The van der Waals surface area contributed by atoms with E-state index in [0.29, 0.717) is 12.2 Å². The summed E-state index contributed by atoms with van der Waals surface area (Å²) in [6, 6.07) is 4.02. The number of unbranched alkanes of at least 4 members (excludes halogenated alkanes) is 15. The Bertz CT molecular complexity index is 888. The van der Waals surface area contributed by atoms with Gasteiger partial charge in [0.25, 0.3) is 0 Å². The molecule has 4 nitrogen and oxygen atoms in total. The number of phenolic OH excluding ortho intramolecular Hbond substituents is 1. The molecule has 0 aliphatic carbocycles. The molecule has 1 aromatic rings. The van der Waals surface area contributed by atoms with Crippen molar-refractivity contribution >= 4 is 0 Å². The highest BCUT2D eigenvalue weighted by Gasteiger charge is 2.30. The van der Waals surface area contributed by atoms with Gasteiger partial charge in [0, 0.05) is 44.6 Å². The van der Waals surface area contributed by atoms with Gasteiger partial charge in [-0.3, -0.25) is 0 Å². The van der Waals surface area contributed by atoms with Crippen molar-refractivity contribution in [2.75, 3.05) is 19.8 Å². The van der Waals surface area contributed by atoms with Gasteiger partial charge in [0.05, 0.1) is 16.8 Å². The molecule has 0 aromatic heterocycles. The molecular weight excluding hydrogens is 568 g/mol. The number of ether oxygens (including phenoxy) is 3. The van der Waals surface area contributed by atoms with Gasteiger partial charge in [0.1, 0.15) is 5.75 Å². The van der Waals surface area contributed by atoms with Gasteiger partial charge in [0.2, 0.25) is 0 Å². The van der Waals surface area contributed by atoms with Crippen LogP contribution >= 0.6 is 0 Å². The molecule has 0 saturated carbocycles. The van der Waals surface area contributed by atoms with Crippen LogP contribution in [0.2, 0.25) is 0 Å². The summed E-state index contributed by atoms with van der Waals surface area (Å²) in [5.74, 6) is 0.368. The maximum absolute atomic E-state index is 11.3. The summed E-state index contributed by atoms with van der Waals surface area (Å²) >= 11 is 0. The minimum atomic E-state index is -0.373. The molecular formula is C42H78O4. The number of phenols is 1. The monoisotopic (exact) mass is 647 g/mol. The Morgan fingerprint density at radius 1 is 0.435 bits per heavy atom. The largest absolute Gasteiger partial charge is 0.508 e. The van der Waals surface area contributed by atoms with Crippen LogP contribution in [0.1, 0.15) is 195 Å².